The molecule has 1 aromatic rings. The van der Waals surface area contributed by atoms with Gasteiger partial charge >= 0.3 is 6.03 Å². The smallest absolute Gasteiger partial charge is 0.345 e. The van der Waals surface area contributed by atoms with Crippen molar-refractivity contribution in [1.82, 2.24) is 4.90 Å². The number of carbonyl (C=O) groups is 1. The fourth-order valence-electron chi connectivity index (χ4n) is 2.54. The van der Waals surface area contributed by atoms with Crippen LogP contribution in [-0.2, 0) is 0 Å². The number of carbonyl (C=O) groups excluding carboxylic acids is 1. The number of amides is 2. The highest BCUT2D eigenvalue weighted by Gasteiger charge is 2.33. The van der Waals surface area contributed by atoms with Crippen molar-refractivity contribution >= 4 is 11.9 Å². The lowest BCUT2D eigenvalue weighted by atomic mass is 9.93. The summed E-state index contributed by atoms with van der Waals surface area (Å²) in [5.41, 5.74) is 7.17. The Kier molecular flexibility index (Phi) is 4.20. The lowest BCUT2D eigenvalue weighted by Gasteiger charge is -2.26. The van der Waals surface area contributed by atoms with Gasteiger partial charge in [-0.3, -0.25) is 0 Å². The molecule has 0 saturated carbocycles. The topological polar surface area (TPSA) is 58.7 Å². The van der Waals surface area contributed by atoms with Gasteiger partial charge in [-0.2, -0.15) is 4.99 Å². The second-order valence-electron chi connectivity index (χ2n) is 5.08. The Hall–Kier alpha value is -1.84. The van der Waals surface area contributed by atoms with Crippen molar-refractivity contribution in [3.63, 3.8) is 0 Å². The van der Waals surface area contributed by atoms with Crippen LogP contribution < -0.4 is 5.73 Å². The molecule has 2 amide bonds. The maximum Gasteiger partial charge on any atom is 0.345 e. The van der Waals surface area contributed by atoms with E-state index in [2.05, 4.69) is 31.0 Å². The van der Waals surface area contributed by atoms with Crippen LogP contribution in [0.2, 0.25) is 0 Å². The molecule has 0 aliphatic carbocycles. The molecule has 0 aromatic heterocycles. The van der Waals surface area contributed by atoms with E-state index in [9.17, 15) is 4.79 Å². The highest BCUT2D eigenvalue weighted by Crippen LogP contribution is 2.25. The minimum atomic E-state index is -0.190. The molecule has 0 fully saturated rings. The summed E-state index contributed by atoms with van der Waals surface area (Å²) in [6.07, 6.45) is 1.75. The maximum absolute atomic E-state index is 11.8. The average molecular weight is 259 g/mol. The first-order chi connectivity index (χ1) is 9.13. The molecule has 1 aliphatic rings. The summed E-state index contributed by atoms with van der Waals surface area (Å²) >= 11 is 0. The van der Waals surface area contributed by atoms with Crippen molar-refractivity contribution < 1.29 is 4.79 Å². The number of nitrogens with zero attached hydrogens (tertiary/aromatic N) is 2. The van der Waals surface area contributed by atoms with Crippen molar-refractivity contribution in [2.24, 2.45) is 10.7 Å². The van der Waals surface area contributed by atoms with Crippen LogP contribution in [0.25, 0.3) is 0 Å². The quantitative estimate of drug-likeness (QED) is 0.884. The minimum absolute atomic E-state index is 0.0531. The largest absolute Gasteiger partial charge is 0.385 e. The predicted molar refractivity (Wildman–Crippen MR) is 77.3 cm³/mol. The van der Waals surface area contributed by atoms with Crippen LogP contribution >= 0.6 is 0 Å². The SMILES string of the molecule is CCCN1C(=O)N=C(N)C1CC(C)c1ccccc1. The second kappa shape index (κ2) is 5.87. The summed E-state index contributed by atoms with van der Waals surface area (Å²) in [4.78, 5) is 17.4. The Balaban J connectivity index is 2.09. The molecule has 0 spiro atoms. The molecule has 4 heteroatoms. The molecule has 1 heterocycles. The van der Waals surface area contributed by atoms with Crippen LogP contribution in [0.4, 0.5) is 4.79 Å². The van der Waals surface area contributed by atoms with Gasteiger partial charge in [0.25, 0.3) is 0 Å². The Labute approximate surface area is 114 Å². The van der Waals surface area contributed by atoms with E-state index in [-0.39, 0.29) is 12.1 Å². The summed E-state index contributed by atoms with van der Waals surface area (Å²) < 4.78 is 0. The van der Waals surface area contributed by atoms with Crippen LogP contribution in [0.15, 0.2) is 35.3 Å². The first kappa shape index (κ1) is 13.6. The van der Waals surface area contributed by atoms with E-state index in [0.29, 0.717) is 11.8 Å². The summed E-state index contributed by atoms with van der Waals surface area (Å²) in [6, 6.07) is 10.1. The summed E-state index contributed by atoms with van der Waals surface area (Å²) in [6.45, 7) is 4.93. The molecule has 4 nitrogen and oxygen atoms in total. The zero-order valence-electron chi connectivity index (χ0n) is 11.5. The van der Waals surface area contributed by atoms with E-state index in [1.165, 1.54) is 5.56 Å². The van der Waals surface area contributed by atoms with Gasteiger partial charge in [-0.05, 0) is 24.3 Å². The fraction of sp³-hybridized carbons (Fsp3) is 0.467. The van der Waals surface area contributed by atoms with Crippen molar-refractivity contribution in [2.75, 3.05) is 6.54 Å². The molecule has 19 heavy (non-hydrogen) atoms. The van der Waals surface area contributed by atoms with E-state index in [0.717, 1.165) is 19.4 Å². The third kappa shape index (κ3) is 2.95. The van der Waals surface area contributed by atoms with Gasteiger partial charge in [0.15, 0.2) is 0 Å². The average Bonchev–Trinajstić information content (AvgIpc) is 2.67. The molecule has 1 aromatic carbocycles. The number of urea groups is 1. The number of hydrogen-bond acceptors (Lipinski definition) is 2. The van der Waals surface area contributed by atoms with E-state index in [1.54, 1.807) is 4.90 Å². The van der Waals surface area contributed by atoms with Crippen LogP contribution in [0.1, 0.15) is 38.2 Å². The molecule has 0 bridgehead atoms. The first-order valence-electron chi connectivity index (χ1n) is 6.83. The third-order valence-corrected chi connectivity index (χ3v) is 3.60. The zero-order valence-corrected chi connectivity index (χ0v) is 11.5. The Morgan fingerprint density at radius 2 is 2.05 bits per heavy atom. The molecule has 102 valence electrons. The Morgan fingerprint density at radius 1 is 1.37 bits per heavy atom. The lowest BCUT2D eigenvalue weighted by Crippen LogP contribution is -2.41. The van der Waals surface area contributed by atoms with Gasteiger partial charge in [-0.1, -0.05) is 44.2 Å². The minimum Gasteiger partial charge on any atom is -0.385 e. The van der Waals surface area contributed by atoms with Gasteiger partial charge in [-0.25, -0.2) is 4.79 Å². The maximum atomic E-state index is 11.8. The van der Waals surface area contributed by atoms with Gasteiger partial charge in [0.05, 0.1) is 6.04 Å². The van der Waals surface area contributed by atoms with Gasteiger partial charge in [-0.15, -0.1) is 0 Å². The number of amidine groups is 1. The molecule has 1 aliphatic heterocycles. The van der Waals surface area contributed by atoms with E-state index >= 15 is 0 Å². The Bertz CT molecular complexity index is 470. The van der Waals surface area contributed by atoms with Gasteiger partial charge in [0.1, 0.15) is 5.84 Å². The lowest BCUT2D eigenvalue weighted by molar-refractivity contribution is 0.202. The normalized spacial score (nSPS) is 20.5. The molecular weight excluding hydrogens is 238 g/mol. The van der Waals surface area contributed by atoms with Crippen LogP contribution in [-0.4, -0.2) is 29.4 Å². The Morgan fingerprint density at radius 3 is 2.68 bits per heavy atom. The van der Waals surface area contributed by atoms with Gasteiger partial charge in [0.2, 0.25) is 0 Å². The summed E-state index contributed by atoms with van der Waals surface area (Å²) in [7, 11) is 0. The number of aliphatic imine (C=N–C) groups is 1. The van der Waals surface area contributed by atoms with Crippen molar-refractivity contribution in [2.45, 2.75) is 38.6 Å². The van der Waals surface area contributed by atoms with E-state index in [1.807, 2.05) is 18.2 Å². The highest BCUT2D eigenvalue weighted by molar-refractivity contribution is 6.02. The predicted octanol–water partition coefficient (Wildman–Crippen LogP) is 2.75. The summed E-state index contributed by atoms with van der Waals surface area (Å²) in [5.74, 6) is 0.812. The number of hydrogen-bond donors (Lipinski definition) is 1. The number of nitrogens with two attached hydrogens (primary N) is 1. The monoisotopic (exact) mass is 259 g/mol. The molecule has 2 atom stereocenters. The van der Waals surface area contributed by atoms with Crippen molar-refractivity contribution in [3.8, 4) is 0 Å². The molecular formula is C15H21N3O. The standard InChI is InChI=1S/C15H21N3O/c1-3-9-18-13(14(16)17-15(18)19)10-11(2)12-7-5-4-6-8-12/h4-8,11,13H,3,9-10H2,1-2H3,(H2,16,17,19). The first-order valence-corrected chi connectivity index (χ1v) is 6.83. The van der Waals surface area contributed by atoms with Gasteiger partial charge in [0, 0.05) is 6.54 Å². The zero-order chi connectivity index (χ0) is 13.8. The van der Waals surface area contributed by atoms with Crippen LogP contribution in [0, 0.1) is 0 Å². The highest BCUT2D eigenvalue weighted by atomic mass is 16.2. The van der Waals surface area contributed by atoms with Crippen molar-refractivity contribution in [1.29, 1.82) is 0 Å². The van der Waals surface area contributed by atoms with Crippen LogP contribution in [0.3, 0.4) is 0 Å². The van der Waals surface area contributed by atoms with Crippen LogP contribution in [0.5, 0.6) is 0 Å². The molecule has 0 radical (unpaired) electrons. The fourth-order valence-corrected chi connectivity index (χ4v) is 2.54. The second-order valence-corrected chi connectivity index (χ2v) is 5.08. The number of benzene rings is 1. The van der Waals surface area contributed by atoms with E-state index < -0.39 is 0 Å². The summed E-state index contributed by atoms with van der Waals surface area (Å²) in [5, 5.41) is 0. The van der Waals surface area contributed by atoms with Gasteiger partial charge < -0.3 is 10.6 Å². The molecule has 2 rings (SSSR count). The third-order valence-electron chi connectivity index (χ3n) is 3.60. The number of rotatable bonds is 5. The molecule has 0 saturated heterocycles. The van der Waals surface area contributed by atoms with Crippen molar-refractivity contribution in [3.05, 3.63) is 35.9 Å². The molecule has 2 N–H and O–H groups in total. The molecule has 2 unspecified atom stereocenters. The van der Waals surface area contributed by atoms with E-state index in [4.69, 9.17) is 5.73 Å².